The van der Waals surface area contributed by atoms with Crippen LogP contribution in [-0.4, -0.2) is 19.1 Å². The predicted molar refractivity (Wildman–Crippen MR) is 101 cm³/mol. The molecule has 0 heterocycles. The number of anilines is 1. The molecule has 0 radical (unpaired) electrons. The van der Waals surface area contributed by atoms with Crippen LogP contribution < -0.4 is 15.8 Å². The number of aryl methyl sites for hydroxylation is 1. The van der Waals surface area contributed by atoms with Crippen LogP contribution in [-0.2, 0) is 11.2 Å². The molecule has 0 bridgehead atoms. The standard InChI is InChI=1S/C19H22N2O2.ClH/c1-23-18-12-10-17(11-13-18)21-19(22)14-9-16(20)8-7-15-5-3-2-4-6-15;/h2-6,9-14,16H,7-8,20H2,1H3,(H,21,22);1H/t16-;/m0./s1. The number of benzene rings is 2. The van der Waals surface area contributed by atoms with Crippen molar-refractivity contribution in [1.82, 2.24) is 0 Å². The maximum Gasteiger partial charge on any atom is 0.248 e. The van der Waals surface area contributed by atoms with E-state index in [0.717, 1.165) is 24.3 Å². The zero-order chi connectivity index (χ0) is 16.5. The van der Waals surface area contributed by atoms with Crippen molar-refractivity contribution >= 4 is 24.0 Å². The van der Waals surface area contributed by atoms with E-state index >= 15 is 0 Å². The van der Waals surface area contributed by atoms with Gasteiger partial charge in [0.2, 0.25) is 5.91 Å². The van der Waals surface area contributed by atoms with Gasteiger partial charge in [-0.25, -0.2) is 0 Å². The minimum Gasteiger partial charge on any atom is -0.497 e. The summed E-state index contributed by atoms with van der Waals surface area (Å²) in [7, 11) is 1.60. The largest absolute Gasteiger partial charge is 0.497 e. The van der Waals surface area contributed by atoms with E-state index in [9.17, 15) is 4.79 Å². The molecule has 0 aliphatic heterocycles. The Morgan fingerprint density at radius 3 is 2.46 bits per heavy atom. The molecule has 0 aromatic heterocycles. The Morgan fingerprint density at radius 1 is 1.17 bits per heavy atom. The number of ether oxygens (including phenoxy) is 1. The number of nitrogens with two attached hydrogens (primary N) is 1. The van der Waals surface area contributed by atoms with Gasteiger partial charge in [0.15, 0.2) is 0 Å². The van der Waals surface area contributed by atoms with Gasteiger partial charge in [0, 0.05) is 17.8 Å². The Labute approximate surface area is 149 Å². The normalized spacial score (nSPS) is 11.6. The van der Waals surface area contributed by atoms with Crippen LogP contribution in [0.2, 0.25) is 0 Å². The second-order valence-electron chi connectivity index (χ2n) is 5.26. The molecule has 0 saturated carbocycles. The predicted octanol–water partition coefficient (Wildman–Crippen LogP) is 3.57. The molecule has 1 amide bonds. The van der Waals surface area contributed by atoms with Crippen molar-refractivity contribution in [3.8, 4) is 5.75 Å². The molecule has 2 rings (SSSR count). The van der Waals surface area contributed by atoms with Crippen LogP contribution in [0.1, 0.15) is 12.0 Å². The summed E-state index contributed by atoms with van der Waals surface area (Å²) < 4.78 is 5.07. The van der Waals surface area contributed by atoms with E-state index in [0.29, 0.717) is 0 Å². The van der Waals surface area contributed by atoms with Crippen LogP contribution in [0.15, 0.2) is 66.7 Å². The van der Waals surface area contributed by atoms with Crippen molar-refractivity contribution in [2.24, 2.45) is 5.73 Å². The smallest absolute Gasteiger partial charge is 0.248 e. The van der Waals surface area contributed by atoms with Gasteiger partial charge >= 0.3 is 0 Å². The van der Waals surface area contributed by atoms with Crippen molar-refractivity contribution in [3.05, 3.63) is 72.3 Å². The second kappa shape index (κ2) is 10.5. The zero-order valence-electron chi connectivity index (χ0n) is 13.6. The summed E-state index contributed by atoms with van der Waals surface area (Å²) in [5, 5.41) is 2.79. The van der Waals surface area contributed by atoms with E-state index in [2.05, 4.69) is 17.4 Å². The monoisotopic (exact) mass is 346 g/mol. The fraction of sp³-hybridized carbons (Fsp3) is 0.211. The Morgan fingerprint density at radius 2 is 1.83 bits per heavy atom. The number of carbonyl (C=O) groups excluding carboxylic acids is 1. The lowest BCUT2D eigenvalue weighted by Crippen LogP contribution is -2.19. The Balaban J connectivity index is 0.00000288. The molecule has 128 valence electrons. The van der Waals surface area contributed by atoms with Crippen LogP contribution >= 0.6 is 12.4 Å². The summed E-state index contributed by atoms with van der Waals surface area (Å²) in [6.07, 6.45) is 4.92. The summed E-state index contributed by atoms with van der Waals surface area (Å²) in [6, 6.07) is 17.2. The summed E-state index contributed by atoms with van der Waals surface area (Å²) >= 11 is 0. The van der Waals surface area contributed by atoms with Crippen molar-refractivity contribution in [3.63, 3.8) is 0 Å². The highest BCUT2D eigenvalue weighted by Gasteiger charge is 2.02. The van der Waals surface area contributed by atoms with E-state index in [4.69, 9.17) is 10.5 Å². The van der Waals surface area contributed by atoms with Crippen molar-refractivity contribution in [2.45, 2.75) is 18.9 Å². The van der Waals surface area contributed by atoms with Gasteiger partial charge in [-0.05, 0) is 42.7 Å². The summed E-state index contributed by atoms with van der Waals surface area (Å²) in [6.45, 7) is 0. The molecule has 24 heavy (non-hydrogen) atoms. The van der Waals surface area contributed by atoms with Gasteiger partial charge in [-0.2, -0.15) is 0 Å². The van der Waals surface area contributed by atoms with Gasteiger partial charge in [-0.3, -0.25) is 4.79 Å². The first-order valence-corrected chi connectivity index (χ1v) is 7.60. The minimum absolute atomic E-state index is 0. The zero-order valence-corrected chi connectivity index (χ0v) is 14.5. The molecule has 0 aliphatic rings. The summed E-state index contributed by atoms with van der Waals surface area (Å²) in [4.78, 5) is 11.9. The Kier molecular flexibility index (Phi) is 8.61. The minimum atomic E-state index is -0.190. The second-order valence-corrected chi connectivity index (χ2v) is 5.26. The molecule has 0 aliphatic carbocycles. The number of hydrogen-bond donors (Lipinski definition) is 2. The number of nitrogens with one attached hydrogen (secondary N) is 1. The SMILES string of the molecule is COc1ccc(NC(=O)C=C[C@@H](N)CCc2ccccc2)cc1.Cl. The lowest BCUT2D eigenvalue weighted by atomic mass is 10.1. The van der Waals surface area contributed by atoms with E-state index in [1.54, 1.807) is 37.5 Å². The molecular formula is C19H23ClN2O2. The number of carbonyl (C=O) groups is 1. The number of halogens is 1. The van der Waals surface area contributed by atoms with E-state index in [-0.39, 0.29) is 24.4 Å². The highest BCUT2D eigenvalue weighted by Crippen LogP contribution is 2.14. The highest BCUT2D eigenvalue weighted by molar-refractivity contribution is 5.99. The molecular weight excluding hydrogens is 324 g/mol. The maximum atomic E-state index is 11.9. The molecule has 0 spiro atoms. The highest BCUT2D eigenvalue weighted by atomic mass is 35.5. The molecule has 4 nitrogen and oxygen atoms in total. The molecule has 0 saturated heterocycles. The maximum absolute atomic E-state index is 11.9. The average molecular weight is 347 g/mol. The van der Waals surface area contributed by atoms with Crippen LogP contribution in [0.4, 0.5) is 5.69 Å². The van der Waals surface area contributed by atoms with E-state index in [1.165, 1.54) is 11.6 Å². The summed E-state index contributed by atoms with van der Waals surface area (Å²) in [5.74, 6) is 0.562. The topological polar surface area (TPSA) is 64.3 Å². The Bertz CT molecular complexity index is 642. The molecule has 1 atom stereocenters. The van der Waals surface area contributed by atoms with Crippen LogP contribution in [0, 0.1) is 0 Å². The third-order valence-corrected chi connectivity index (χ3v) is 3.46. The lowest BCUT2D eigenvalue weighted by Gasteiger charge is -2.07. The molecule has 3 N–H and O–H groups in total. The van der Waals surface area contributed by atoms with Gasteiger partial charge < -0.3 is 15.8 Å². The van der Waals surface area contributed by atoms with Crippen LogP contribution in [0.25, 0.3) is 0 Å². The van der Waals surface area contributed by atoms with Gasteiger partial charge in [0.1, 0.15) is 5.75 Å². The third kappa shape index (κ3) is 6.86. The number of hydrogen-bond acceptors (Lipinski definition) is 3. The molecule has 2 aromatic rings. The quantitative estimate of drug-likeness (QED) is 0.753. The molecule has 5 heteroatoms. The van der Waals surface area contributed by atoms with E-state index in [1.807, 2.05) is 18.2 Å². The number of amides is 1. The fourth-order valence-electron chi connectivity index (χ4n) is 2.14. The van der Waals surface area contributed by atoms with Crippen molar-refractivity contribution in [1.29, 1.82) is 0 Å². The van der Waals surface area contributed by atoms with Crippen LogP contribution in [0.5, 0.6) is 5.75 Å². The van der Waals surface area contributed by atoms with E-state index < -0.39 is 0 Å². The molecule has 2 aromatic carbocycles. The molecule has 0 unspecified atom stereocenters. The van der Waals surface area contributed by atoms with Crippen molar-refractivity contribution < 1.29 is 9.53 Å². The number of methoxy groups -OCH3 is 1. The van der Waals surface area contributed by atoms with Gasteiger partial charge in [0.05, 0.1) is 7.11 Å². The average Bonchev–Trinajstić information content (AvgIpc) is 2.60. The number of rotatable bonds is 7. The fourth-order valence-corrected chi connectivity index (χ4v) is 2.14. The van der Waals surface area contributed by atoms with Crippen molar-refractivity contribution in [2.75, 3.05) is 12.4 Å². The van der Waals surface area contributed by atoms with Crippen LogP contribution in [0.3, 0.4) is 0 Å². The van der Waals surface area contributed by atoms with Gasteiger partial charge in [-0.1, -0.05) is 36.4 Å². The third-order valence-electron chi connectivity index (χ3n) is 3.46. The summed E-state index contributed by atoms with van der Waals surface area (Å²) in [5.41, 5.74) is 7.99. The Hall–Kier alpha value is -2.30. The molecule has 0 fully saturated rings. The first-order valence-electron chi connectivity index (χ1n) is 7.60. The lowest BCUT2D eigenvalue weighted by molar-refractivity contribution is -0.111. The van der Waals surface area contributed by atoms with Gasteiger partial charge in [-0.15, -0.1) is 12.4 Å². The first kappa shape index (κ1) is 19.7. The first-order chi connectivity index (χ1) is 11.2. The van der Waals surface area contributed by atoms with Gasteiger partial charge in [0.25, 0.3) is 0 Å².